The van der Waals surface area contributed by atoms with Gasteiger partial charge in [0.2, 0.25) is 0 Å². The molecule has 0 aromatic carbocycles. The molecule has 1 fully saturated rings. The van der Waals surface area contributed by atoms with Crippen molar-refractivity contribution in [2.24, 2.45) is 0 Å². The summed E-state index contributed by atoms with van der Waals surface area (Å²) in [6.07, 6.45) is 4.87. The molecule has 6 heteroatoms. The van der Waals surface area contributed by atoms with Gasteiger partial charge in [0.15, 0.2) is 5.65 Å². The van der Waals surface area contributed by atoms with Crippen molar-refractivity contribution in [3.63, 3.8) is 0 Å². The zero-order valence-electron chi connectivity index (χ0n) is 10.6. The lowest BCUT2D eigenvalue weighted by atomic mass is 10.1. The summed E-state index contributed by atoms with van der Waals surface area (Å²) in [6.45, 7) is 5.98. The van der Waals surface area contributed by atoms with Crippen LogP contribution in [-0.2, 0) is 4.74 Å². The van der Waals surface area contributed by atoms with E-state index in [0.717, 1.165) is 36.4 Å². The Hall–Kier alpha value is -1.69. The van der Waals surface area contributed by atoms with Crippen molar-refractivity contribution in [3.8, 4) is 0 Å². The molecule has 96 valence electrons. The molecule has 0 spiro atoms. The van der Waals surface area contributed by atoms with Crippen molar-refractivity contribution in [3.05, 3.63) is 12.5 Å². The highest BCUT2D eigenvalue weighted by molar-refractivity contribution is 5.86. The normalized spacial score (nSPS) is 24.7. The van der Waals surface area contributed by atoms with Gasteiger partial charge in [-0.1, -0.05) is 6.92 Å². The van der Waals surface area contributed by atoms with Gasteiger partial charge in [-0.3, -0.25) is 5.10 Å². The first kappa shape index (κ1) is 11.4. The average molecular weight is 247 g/mol. The second-order valence-corrected chi connectivity index (χ2v) is 4.71. The smallest absolute Gasteiger partial charge is 0.160 e. The van der Waals surface area contributed by atoms with E-state index >= 15 is 0 Å². The Morgan fingerprint density at radius 3 is 3.17 bits per heavy atom. The van der Waals surface area contributed by atoms with Gasteiger partial charge in [-0.25, -0.2) is 9.97 Å². The minimum absolute atomic E-state index is 0.223. The quantitative estimate of drug-likeness (QED) is 0.867. The molecule has 6 nitrogen and oxygen atoms in total. The lowest BCUT2D eigenvalue weighted by Crippen LogP contribution is -2.46. The highest BCUT2D eigenvalue weighted by Crippen LogP contribution is 2.25. The van der Waals surface area contributed by atoms with Crippen molar-refractivity contribution in [2.75, 3.05) is 18.0 Å². The Morgan fingerprint density at radius 1 is 1.44 bits per heavy atom. The number of anilines is 1. The monoisotopic (exact) mass is 247 g/mol. The van der Waals surface area contributed by atoms with Crippen molar-refractivity contribution in [1.82, 2.24) is 20.2 Å². The van der Waals surface area contributed by atoms with Crippen LogP contribution in [0.2, 0.25) is 0 Å². The summed E-state index contributed by atoms with van der Waals surface area (Å²) < 4.78 is 5.87. The number of rotatable bonds is 2. The molecule has 1 aliphatic heterocycles. The Kier molecular flexibility index (Phi) is 2.87. The number of H-pyrrole nitrogens is 1. The van der Waals surface area contributed by atoms with Crippen LogP contribution < -0.4 is 4.90 Å². The number of morpholine rings is 1. The molecule has 3 rings (SSSR count). The van der Waals surface area contributed by atoms with Gasteiger partial charge in [0.05, 0.1) is 23.8 Å². The largest absolute Gasteiger partial charge is 0.372 e. The van der Waals surface area contributed by atoms with E-state index in [1.807, 2.05) is 0 Å². The molecule has 2 atom stereocenters. The zero-order valence-corrected chi connectivity index (χ0v) is 10.6. The number of aromatic nitrogens is 4. The van der Waals surface area contributed by atoms with Crippen LogP contribution >= 0.6 is 0 Å². The van der Waals surface area contributed by atoms with Crippen molar-refractivity contribution in [1.29, 1.82) is 0 Å². The fourth-order valence-electron chi connectivity index (χ4n) is 2.45. The molecule has 0 bridgehead atoms. The van der Waals surface area contributed by atoms with Crippen LogP contribution in [0.4, 0.5) is 5.82 Å². The molecule has 0 aliphatic carbocycles. The second kappa shape index (κ2) is 4.53. The minimum atomic E-state index is 0.223. The maximum atomic E-state index is 5.87. The van der Waals surface area contributed by atoms with E-state index in [2.05, 4.69) is 38.9 Å². The van der Waals surface area contributed by atoms with Gasteiger partial charge in [-0.05, 0) is 13.3 Å². The van der Waals surface area contributed by atoms with E-state index < -0.39 is 0 Å². The maximum Gasteiger partial charge on any atom is 0.160 e. The van der Waals surface area contributed by atoms with Crippen LogP contribution in [0.1, 0.15) is 20.3 Å². The number of fused-ring (bicyclic) bond motifs is 1. The molecule has 2 aromatic rings. The van der Waals surface area contributed by atoms with Gasteiger partial charge < -0.3 is 9.64 Å². The van der Waals surface area contributed by atoms with Crippen molar-refractivity contribution in [2.45, 2.75) is 32.5 Å². The molecule has 1 N–H and O–H groups in total. The van der Waals surface area contributed by atoms with Gasteiger partial charge in [-0.15, -0.1) is 0 Å². The number of hydrogen-bond acceptors (Lipinski definition) is 5. The minimum Gasteiger partial charge on any atom is -0.372 e. The van der Waals surface area contributed by atoms with Crippen LogP contribution in [0.25, 0.3) is 11.0 Å². The van der Waals surface area contributed by atoms with Gasteiger partial charge in [0, 0.05) is 13.1 Å². The predicted octanol–water partition coefficient (Wildman–Crippen LogP) is 1.36. The molecule has 0 amide bonds. The summed E-state index contributed by atoms with van der Waals surface area (Å²) in [5.41, 5.74) is 0.784. The van der Waals surface area contributed by atoms with Crippen LogP contribution in [0.15, 0.2) is 12.5 Å². The Morgan fingerprint density at radius 2 is 2.33 bits per heavy atom. The first-order valence-corrected chi connectivity index (χ1v) is 6.32. The van der Waals surface area contributed by atoms with E-state index in [0.29, 0.717) is 0 Å². The van der Waals surface area contributed by atoms with Gasteiger partial charge in [0.1, 0.15) is 12.1 Å². The molecule has 1 aliphatic rings. The molecular weight excluding hydrogens is 230 g/mol. The highest BCUT2D eigenvalue weighted by Gasteiger charge is 2.26. The molecule has 2 aromatic heterocycles. The van der Waals surface area contributed by atoms with Crippen LogP contribution in [0, 0.1) is 0 Å². The summed E-state index contributed by atoms with van der Waals surface area (Å²) in [5.74, 6) is 0.947. The number of aromatic amines is 1. The highest BCUT2D eigenvalue weighted by atomic mass is 16.5. The van der Waals surface area contributed by atoms with E-state index in [1.54, 1.807) is 12.5 Å². The SMILES string of the molecule is CCC1CN(c2ncnc3[nH]ncc23)CC(C)O1. The van der Waals surface area contributed by atoms with E-state index in [-0.39, 0.29) is 12.2 Å². The third-order valence-corrected chi connectivity index (χ3v) is 3.31. The Labute approximate surface area is 105 Å². The van der Waals surface area contributed by atoms with Crippen LogP contribution in [0.3, 0.4) is 0 Å². The lowest BCUT2D eigenvalue weighted by molar-refractivity contribution is -0.0173. The van der Waals surface area contributed by atoms with Crippen LogP contribution in [0.5, 0.6) is 0 Å². The van der Waals surface area contributed by atoms with E-state index in [9.17, 15) is 0 Å². The summed E-state index contributed by atoms with van der Waals surface area (Å²) in [7, 11) is 0. The Bertz CT molecular complexity index is 540. The third kappa shape index (κ3) is 1.92. The molecule has 3 heterocycles. The van der Waals surface area contributed by atoms with Gasteiger partial charge in [0.25, 0.3) is 0 Å². The molecule has 0 radical (unpaired) electrons. The average Bonchev–Trinajstić information content (AvgIpc) is 2.85. The first-order valence-electron chi connectivity index (χ1n) is 6.32. The first-order chi connectivity index (χ1) is 8.78. The topological polar surface area (TPSA) is 66.9 Å². The molecule has 18 heavy (non-hydrogen) atoms. The fourth-order valence-corrected chi connectivity index (χ4v) is 2.45. The summed E-state index contributed by atoms with van der Waals surface area (Å²) in [6, 6.07) is 0. The van der Waals surface area contributed by atoms with Crippen molar-refractivity contribution < 1.29 is 4.74 Å². The number of hydrogen-bond donors (Lipinski definition) is 1. The van der Waals surface area contributed by atoms with Gasteiger partial charge in [-0.2, -0.15) is 5.10 Å². The second-order valence-electron chi connectivity index (χ2n) is 4.71. The number of ether oxygens (including phenoxy) is 1. The summed E-state index contributed by atoms with van der Waals surface area (Å²) in [5, 5.41) is 7.88. The number of nitrogens with zero attached hydrogens (tertiary/aromatic N) is 4. The summed E-state index contributed by atoms with van der Waals surface area (Å²) in [4.78, 5) is 10.8. The van der Waals surface area contributed by atoms with Crippen LogP contribution in [-0.4, -0.2) is 45.5 Å². The summed E-state index contributed by atoms with van der Waals surface area (Å²) >= 11 is 0. The zero-order chi connectivity index (χ0) is 12.5. The lowest BCUT2D eigenvalue weighted by Gasteiger charge is -2.37. The number of nitrogens with one attached hydrogen (secondary N) is 1. The fraction of sp³-hybridized carbons (Fsp3) is 0.583. The predicted molar refractivity (Wildman–Crippen MR) is 68.5 cm³/mol. The van der Waals surface area contributed by atoms with Crippen molar-refractivity contribution >= 4 is 16.9 Å². The Balaban J connectivity index is 1.96. The molecule has 0 saturated carbocycles. The van der Waals surface area contributed by atoms with E-state index in [4.69, 9.17) is 4.74 Å². The standard InChI is InChI=1S/C12H17N5O/c1-3-9-6-17(5-8(2)18-9)12-10-4-15-16-11(10)13-7-14-12/h4,7-9H,3,5-6H2,1-2H3,(H,13,14,15,16). The maximum absolute atomic E-state index is 5.87. The third-order valence-electron chi connectivity index (χ3n) is 3.31. The molecule has 1 saturated heterocycles. The molecular formula is C12H17N5O. The van der Waals surface area contributed by atoms with E-state index in [1.165, 1.54) is 0 Å². The molecule has 2 unspecified atom stereocenters. The van der Waals surface area contributed by atoms with Gasteiger partial charge >= 0.3 is 0 Å².